The monoisotopic (exact) mass is 364 g/mol. The van der Waals surface area contributed by atoms with Crippen molar-refractivity contribution in [2.45, 2.75) is 11.8 Å². The van der Waals surface area contributed by atoms with Crippen molar-refractivity contribution in [3.63, 3.8) is 0 Å². The topological polar surface area (TPSA) is 94.9 Å². The third-order valence-electron chi connectivity index (χ3n) is 3.66. The summed E-state index contributed by atoms with van der Waals surface area (Å²) in [6, 6.07) is 19.0. The van der Waals surface area contributed by atoms with Crippen LogP contribution in [-0.4, -0.2) is 13.4 Å². The minimum absolute atomic E-state index is 0.188. The molecule has 0 fully saturated rings. The van der Waals surface area contributed by atoms with Crippen LogP contribution in [0.5, 0.6) is 0 Å². The van der Waals surface area contributed by atoms with Gasteiger partial charge in [0.25, 0.3) is 10.0 Å². The Morgan fingerprint density at radius 2 is 1.73 bits per heavy atom. The van der Waals surface area contributed by atoms with Crippen molar-refractivity contribution in [2.75, 3.05) is 10.0 Å². The molecular formula is C19H16N4O2S. The van der Waals surface area contributed by atoms with Crippen LogP contribution in [0, 0.1) is 18.3 Å². The Bertz CT molecular complexity index is 1050. The lowest BCUT2D eigenvalue weighted by Gasteiger charge is -2.10. The molecule has 0 unspecified atom stereocenters. The van der Waals surface area contributed by atoms with E-state index in [9.17, 15) is 8.42 Å². The third-order valence-corrected chi connectivity index (χ3v) is 5.05. The first-order chi connectivity index (χ1) is 12.5. The van der Waals surface area contributed by atoms with Crippen molar-refractivity contribution in [1.29, 1.82) is 5.26 Å². The maximum atomic E-state index is 12.4. The molecule has 130 valence electrons. The zero-order valence-corrected chi connectivity index (χ0v) is 14.8. The van der Waals surface area contributed by atoms with Gasteiger partial charge in [-0.3, -0.25) is 4.72 Å². The zero-order chi connectivity index (χ0) is 18.6. The number of benzene rings is 2. The lowest BCUT2D eigenvalue weighted by atomic mass is 10.2. The van der Waals surface area contributed by atoms with Gasteiger partial charge in [0.1, 0.15) is 11.9 Å². The molecule has 0 spiro atoms. The van der Waals surface area contributed by atoms with E-state index < -0.39 is 10.0 Å². The summed E-state index contributed by atoms with van der Waals surface area (Å²) in [6.45, 7) is 1.89. The number of anilines is 3. The van der Waals surface area contributed by atoms with Gasteiger partial charge in [-0.05, 0) is 43.3 Å². The number of hydrogen-bond acceptors (Lipinski definition) is 5. The maximum absolute atomic E-state index is 12.4. The Kier molecular flexibility index (Phi) is 4.87. The molecule has 0 radical (unpaired) electrons. The molecule has 0 aliphatic carbocycles. The smallest absolute Gasteiger partial charge is 0.261 e. The Morgan fingerprint density at radius 3 is 2.38 bits per heavy atom. The lowest BCUT2D eigenvalue weighted by Crippen LogP contribution is -2.13. The van der Waals surface area contributed by atoms with Gasteiger partial charge in [0, 0.05) is 0 Å². The number of aromatic nitrogens is 1. The van der Waals surface area contributed by atoms with Crippen LogP contribution >= 0.6 is 0 Å². The van der Waals surface area contributed by atoms with E-state index >= 15 is 0 Å². The molecule has 0 aliphatic heterocycles. The Hall–Kier alpha value is -3.37. The van der Waals surface area contributed by atoms with Crippen molar-refractivity contribution in [2.24, 2.45) is 0 Å². The van der Waals surface area contributed by atoms with E-state index in [4.69, 9.17) is 5.26 Å². The molecule has 1 heterocycles. The Balaban J connectivity index is 1.75. The van der Waals surface area contributed by atoms with E-state index in [1.165, 1.54) is 6.20 Å². The van der Waals surface area contributed by atoms with Gasteiger partial charge >= 0.3 is 0 Å². The van der Waals surface area contributed by atoms with Crippen LogP contribution in [0.1, 0.15) is 11.1 Å². The molecule has 3 rings (SSSR count). The van der Waals surface area contributed by atoms with Gasteiger partial charge in [0.05, 0.1) is 28.0 Å². The van der Waals surface area contributed by atoms with E-state index in [0.717, 1.165) is 5.56 Å². The van der Waals surface area contributed by atoms with Crippen molar-refractivity contribution >= 4 is 27.2 Å². The second-order valence-electron chi connectivity index (χ2n) is 5.63. The van der Waals surface area contributed by atoms with Crippen molar-refractivity contribution < 1.29 is 8.42 Å². The molecule has 0 bridgehead atoms. The van der Waals surface area contributed by atoms with Gasteiger partial charge in [-0.2, -0.15) is 5.26 Å². The maximum Gasteiger partial charge on any atom is 0.261 e. The molecule has 0 saturated heterocycles. The predicted molar refractivity (Wildman–Crippen MR) is 101 cm³/mol. The largest absolute Gasteiger partial charge is 0.339 e. The fourth-order valence-corrected chi connectivity index (χ4v) is 3.33. The van der Waals surface area contributed by atoms with E-state index in [-0.39, 0.29) is 4.90 Å². The SMILES string of the molecule is Cc1ccc(S(=O)(=O)Nc2ccc(Nc3ccccc3C#N)nc2)cc1. The van der Waals surface area contributed by atoms with Crippen molar-refractivity contribution in [3.05, 3.63) is 78.0 Å². The number of nitriles is 1. The number of nitrogens with one attached hydrogen (secondary N) is 2. The molecule has 6 nitrogen and oxygen atoms in total. The summed E-state index contributed by atoms with van der Waals surface area (Å²) in [5, 5.41) is 12.1. The second kappa shape index (κ2) is 7.25. The molecular weight excluding hydrogens is 348 g/mol. The second-order valence-corrected chi connectivity index (χ2v) is 7.32. The minimum Gasteiger partial charge on any atom is -0.339 e. The highest BCUT2D eigenvalue weighted by Crippen LogP contribution is 2.21. The first-order valence-corrected chi connectivity index (χ1v) is 9.28. The molecule has 2 aromatic carbocycles. The number of para-hydroxylation sites is 1. The van der Waals surface area contributed by atoms with Crippen LogP contribution in [0.25, 0.3) is 0 Å². The van der Waals surface area contributed by atoms with Crippen molar-refractivity contribution in [1.82, 2.24) is 4.98 Å². The van der Waals surface area contributed by atoms with Crippen LogP contribution < -0.4 is 10.0 Å². The summed E-state index contributed by atoms with van der Waals surface area (Å²) < 4.78 is 27.3. The van der Waals surface area contributed by atoms with Crippen LogP contribution in [0.3, 0.4) is 0 Å². The molecule has 0 amide bonds. The molecule has 2 N–H and O–H groups in total. The fraction of sp³-hybridized carbons (Fsp3) is 0.0526. The molecule has 3 aromatic rings. The first kappa shape index (κ1) is 17.5. The number of aryl methyl sites for hydroxylation is 1. The normalized spacial score (nSPS) is 10.8. The van der Waals surface area contributed by atoms with Crippen LogP contribution in [-0.2, 0) is 10.0 Å². The van der Waals surface area contributed by atoms with Gasteiger partial charge in [-0.25, -0.2) is 13.4 Å². The Labute approximate surface area is 152 Å². The van der Waals surface area contributed by atoms with Crippen LogP contribution in [0.15, 0.2) is 71.8 Å². The zero-order valence-electron chi connectivity index (χ0n) is 14.0. The van der Waals surface area contributed by atoms with Crippen LogP contribution in [0.4, 0.5) is 17.2 Å². The summed E-state index contributed by atoms with van der Waals surface area (Å²) in [5.74, 6) is 0.506. The average molecular weight is 364 g/mol. The minimum atomic E-state index is -3.67. The van der Waals surface area contributed by atoms with Gasteiger partial charge < -0.3 is 5.32 Å². The quantitative estimate of drug-likeness (QED) is 0.718. The van der Waals surface area contributed by atoms with Gasteiger partial charge in [0.15, 0.2) is 0 Å². The van der Waals surface area contributed by atoms with Gasteiger partial charge in [-0.15, -0.1) is 0 Å². The lowest BCUT2D eigenvalue weighted by molar-refractivity contribution is 0.601. The average Bonchev–Trinajstić information content (AvgIpc) is 2.64. The predicted octanol–water partition coefficient (Wildman–Crippen LogP) is 3.81. The number of pyridine rings is 1. The highest BCUT2D eigenvalue weighted by atomic mass is 32.2. The first-order valence-electron chi connectivity index (χ1n) is 7.80. The molecule has 0 aliphatic rings. The highest BCUT2D eigenvalue weighted by molar-refractivity contribution is 7.92. The number of hydrogen-bond donors (Lipinski definition) is 2. The molecule has 7 heteroatoms. The van der Waals surface area contributed by atoms with E-state index in [1.54, 1.807) is 54.6 Å². The van der Waals surface area contributed by atoms with Gasteiger partial charge in [-0.1, -0.05) is 29.8 Å². The number of nitrogens with zero attached hydrogens (tertiary/aromatic N) is 2. The Morgan fingerprint density at radius 1 is 1.00 bits per heavy atom. The van der Waals surface area contributed by atoms with Crippen LogP contribution in [0.2, 0.25) is 0 Å². The molecule has 0 saturated carbocycles. The fourth-order valence-electron chi connectivity index (χ4n) is 2.29. The summed E-state index contributed by atoms with van der Waals surface area (Å²) in [5.41, 5.74) is 2.47. The summed E-state index contributed by atoms with van der Waals surface area (Å²) in [6.07, 6.45) is 1.42. The van der Waals surface area contributed by atoms with E-state index in [1.807, 2.05) is 13.0 Å². The van der Waals surface area contributed by atoms with Gasteiger partial charge in [0.2, 0.25) is 0 Å². The summed E-state index contributed by atoms with van der Waals surface area (Å²) in [4.78, 5) is 4.38. The molecule has 0 atom stereocenters. The number of sulfonamides is 1. The van der Waals surface area contributed by atoms with Crippen molar-refractivity contribution in [3.8, 4) is 6.07 Å². The highest BCUT2D eigenvalue weighted by Gasteiger charge is 2.14. The van der Waals surface area contributed by atoms with E-state index in [0.29, 0.717) is 22.8 Å². The summed E-state index contributed by atoms with van der Waals surface area (Å²) in [7, 11) is -3.67. The van der Waals surface area contributed by atoms with E-state index in [2.05, 4.69) is 21.1 Å². The number of rotatable bonds is 5. The third kappa shape index (κ3) is 3.99. The molecule has 1 aromatic heterocycles. The summed E-state index contributed by atoms with van der Waals surface area (Å²) >= 11 is 0. The molecule has 26 heavy (non-hydrogen) atoms. The standard InChI is InChI=1S/C19H16N4O2S/c1-14-6-9-17(10-7-14)26(24,25)23-16-8-11-19(21-13-16)22-18-5-3-2-4-15(18)12-20/h2-11,13,23H,1H3,(H,21,22).